The molecule has 0 aromatic heterocycles. The van der Waals surface area contributed by atoms with E-state index in [0.717, 1.165) is 6.42 Å². The zero-order chi connectivity index (χ0) is 15.7. The molecule has 1 amide bonds. The van der Waals surface area contributed by atoms with Gasteiger partial charge < -0.3 is 20.5 Å². The number of hydrogen-bond donors (Lipinski definition) is 2. The van der Waals surface area contributed by atoms with Gasteiger partial charge in [-0.05, 0) is 18.6 Å². The highest BCUT2D eigenvalue weighted by Gasteiger charge is 2.14. The maximum atomic E-state index is 11.8. The van der Waals surface area contributed by atoms with Crippen molar-refractivity contribution in [3.05, 3.63) is 29.3 Å². The van der Waals surface area contributed by atoms with Crippen molar-refractivity contribution in [3.63, 3.8) is 0 Å². The monoisotopic (exact) mass is 314 g/mol. The molecule has 0 aliphatic rings. The Kier molecular flexibility index (Phi) is 8.12. The quantitative estimate of drug-likeness (QED) is 0.731. The largest absolute Gasteiger partial charge is 0.487 e. The number of hydrogen-bond acceptors (Lipinski definition) is 4. The fourth-order valence-corrected chi connectivity index (χ4v) is 1.94. The molecule has 2 atom stereocenters. The Morgan fingerprint density at radius 2 is 2.10 bits per heavy atom. The van der Waals surface area contributed by atoms with Crippen molar-refractivity contribution in [2.24, 2.45) is 5.73 Å². The van der Waals surface area contributed by atoms with Crippen LogP contribution in [-0.2, 0) is 9.53 Å². The van der Waals surface area contributed by atoms with Gasteiger partial charge in [0.2, 0.25) is 5.91 Å². The van der Waals surface area contributed by atoms with Crippen molar-refractivity contribution in [2.45, 2.75) is 32.0 Å². The Bertz CT molecular complexity index is 439. The average Bonchev–Trinajstić information content (AvgIpc) is 2.50. The van der Waals surface area contributed by atoms with Gasteiger partial charge in [0.05, 0.1) is 24.1 Å². The number of nitrogens with two attached hydrogens (primary N) is 1. The number of benzene rings is 1. The van der Waals surface area contributed by atoms with E-state index in [1.165, 1.54) is 0 Å². The van der Waals surface area contributed by atoms with Gasteiger partial charge >= 0.3 is 0 Å². The molecule has 0 saturated carbocycles. The molecule has 1 rings (SSSR count). The van der Waals surface area contributed by atoms with Gasteiger partial charge in [-0.1, -0.05) is 30.7 Å². The lowest BCUT2D eigenvalue weighted by atomic mass is 10.2. The van der Waals surface area contributed by atoms with Crippen LogP contribution in [0, 0.1) is 0 Å². The zero-order valence-corrected chi connectivity index (χ0v) is 13.2. The van der Waals surface area contributed by atoms with Crippen LogP contribution in [0.3, 0.4) is 0 Å². The van der Waals surface area contributed by atoms with Crippen molar-refractivity contribution in [1.82, 2.24) is 5.32 Å². The first kappa shape index (κ1) is 17.8. The highest BCUT2D eigenvalue weighted by Crippen LogP contribution is 2.24. The number of halogens is 1. The Balaban J connectivity index is 2.44. The molecule has 21 heavy (non-hydrogen) atoms. The van der Waals surface area contributed by atoms with Crippen molar-refractivity contribution >= 4 is 17.5 Å². The summed E-state index contributed by atoms with van der Waals surface area (Å²) in [6.07, 6.45) is 0.619. The van der Waals surface area contributed by atoms with Crippen LogP contribution < -0.4 is 15.8 Å². The van der Waals surface area contributed by atoms with E-state index in [1.807, 2.05) is 25.1 Å². The maximum Gasteiger partial charge on any atom is 0.222 e. The molecule has 2 unspecified atom stereocenters. The molecule has 0 heterocycles. The Labute approximate surface area is 130 Å². The molecule has 0 bridgehead atoms. The van der Waals surface area contributed by atoms with Crippen LogP contribution in [0.1, 0.15) is 19.8 Å². The van der Waals surface area contributed by atoms with Crippen molar-refractivity contribution in [2.75, 3.05) is 20.2 Å². The molecule has 0 aliphatic carbocycles. The Morgan fingerprint density at radius 3 is 2.67 bits per heavy atom. The number of carbonyl (C=O) groups is 1. The Morgan fingerprint density at radius 1 is 1.38 bits per heavy atom. The fourth-order valence-electron chi connectivity index (χ4n) is 1.76. The summed E-state index contributed by atoms with van der Waals surface area (Å²) >= 11 is 6.05. The summed E-state index contributed by atoms with van der Waals surface area (Å²) in [6.45, 7) is 2.73. The summed E-state index contributed by atoms with van der Waals surface area (Å²) in [6, 6.07) is 7.28. The van der Waals surface area contributed by atoms with Gasteiger partial charge in [-0.15, -0.1) is 0 Å². The summed E-state index contributed by atoms with van der Waals surface area (Å²) < 4.78 is 10.9. The zero-order valence-electron chi connectivity index (χ0n) is 12.5. The maximum absolute atomic E-state index is 11.8. The number of carbonyl (C=O) groups excluding carboxylic acids is 1. The lowest BCUT2D eigenvalue weighted by Crippen LogP contribution is -2.38. The smallest absolute Gasteiger partial charge is 0.222 e. The number of methoxy groups -OCH3 is 1. The van der Waals surface area contributed by atoms with Crippen molar-refractivity contribution in [1.29, 1.82) is 0 Å². The molecule has 0 radical (unpaired) electrons. The molecule has 0 saturated heterocycles. The Hall–Kier alpha value is -1.30. The fraction of sp³-hybridized carbons (Fsp3) is 0.533. The van der Waals surface area contributed by atoms with Gasteiger partial charge in [0, 0.05) is 13.7 Å². The second-order valence-corrected chi connectivity index (χ2v) is 5.09. The lowest BCUT2D eigenvalue weighted by molar-refractivity contribution is -0.123. The van der Waals surface area contributed by atoms with E-state index in [2.05, 4.69) is 5.32 Å². The molecule has 0 aliphatic heterocycles. The number of nitrogens with one attached hydrogen (secondary N) is 1. The van der Waals surface area contributed by atoms with Crippen LogP contribution in [0.5, 0.6) is 5.75 Å². The minimum Gasteiger partial charge on any atom is -0.487 e. The lowest BCUT2D eigenvalue weighted by Gasteiger charge is -2.19. The highest BCUT2D eigenvalue weighted by molar-refractivity contribution is 6.32. The topological polar surface area (TPSA) is 73.6 Å². The van der Waals surface area contributed by atoms with E-state index in [-0.39, 0.29) is 24.5 Å². The average molecular weight is 315 g/mol. The molecule has 3 N–H and O–H groups in total. The van der Waals surface area contributed by atoms with Gasteiger partial charge in [-0.25, -0.2) is 0 Å². The van der Waals surface area contributed by atoms with E-state index >= 15 is 0 Å². The molecule has 1 aromatic rings. The molecular weight excluding hydrogens is 292 g/mol. The molecule has 6 heteroatoms. The third-order valence-electron chi connectivity index (χ3n) is 3.12. The second-order valence-electron chi connectivity index (χ2n) is 4.68. The normalized spacial score (nSPS) is 13.5. The van der Waals surface area contributed by atoms with Crippen LogP contribution in [0.25, 0.3) is 0 Å². The number of para-hydroxylation sites is 1. The summed E-state index contributed by atoms with van der Waals surface area (Å²) in [7, 11) is 1.54. The number of rotatable bonds is 9. The summed E-state index contributed by atoms with van der Waals surface area (Å²) in [5.74, 6) is 0.519. The summed E-state index contributed by atoms with van der Waals surface area (Å²) in [4.78, 5) is 11.8. The summed E-state index contributed by atoms with van der Waals surface area (Å²) in [5, 5.41) is 3.39. The first-order chi connectivity index (χ1) is 10.1. The summed E-state index contributed by atoms with van der Waals surface area (Å²) in [5.41, 5.74) is 5.49. The first-order valence-electron chi connectivity index (χ1n) is 7.01. The number of amides is 1. The SMILES string of the molecule is CCC(CNC(=O)CC(CN)OC)Oc1ccccc1Cl. The first-order valence-corrected chi connectivity index (χ1v) is 7.39. The highest BCUT2D eigenvalue weighted by atomic mass is 35.5. The van der Waals surface area contributed by atoms with Crippen molar-refractivity contribution in [3.8, 4) is 5.75 Å². The number of ether oxygens (including phenoxy) is 2. The van der Waals surface area contributed by atoms with Crippen LogP contribution in [0.4, 0.5) is 0 Å². The van der Waals surface area contributed by atoms with Gasteiger partial charge in [-0.3, -0.25) is 4.79 Å². The van der Waals surface area contributed by atoms with Gasteiger partial charge in [-0.2, -0.15) is 0 Å². The van der Waals surface area contributed by atoms with Gasteiger partial charge in [0.25, 0.3) is 0 Å². The molecule has 0 fully saturated rings. The van der Waals surface area contributed by atoms with Gasteiger partial charge in [0.15, 0.2) is 0 Å². The van der Waals surface area contributed by atoms with E-state index in [4.69, 9.17) is 26.8 Å². The van der Waals surface area contributed by atoms with Crippen LogP contribution >= 0.6 is 11.6 Å². The molecule has 118 valence electrons. The van der Waals surface area contributed by atoms with Crippen LogP contribution in [0.15, 0.2) is 24.3 Å². The van der Waals surface area contributed by atoms with E-state index in [0.29, 0.717) is 23.9 Å². The van der Waals surface area contributed by atoms with Crippen molar-refractivity contribution < 1.29 is 14.3 Å². The standard InChI is InChI=1S/C15H23ClN2O3/c1-3-11(21-14-7-5-4-6-13(14)16)10-18-15(19)8-12(9-17)20-2/h4-7,11-12H,3,8-10,17H2,1-2H3,(H,18,19). The van der Waals surface area contributed by atoms with Gasteiger partial charge in [0.1, 0.15) is 11.9 Å². The van der Waals surface area contributed by atoms with Crippen LogP contribution in [-0.4, -0.2) is 38.3 Å². The third kappa shape index (κ3) is 6.33. The third-order valence-corrected chi connectivity index (χ3v) is 3.43. The molecule has 0 spiro atoms. The van der Waals surface area contributed by atoms with E-state index in [1.54, 1.807) is 13.2 Å². The predicted octanol–water partition coefficient (Wildman–Crippen LogP) is 1.98. The molecular formula is C15H23ClN2O3. The minimum absolute atomic E-state index is 0.103. The van der Waals surface area contributed by atoms with Crippen LogP contribution in [0.2, 0.25) is 5.02 Å². The predicted molar refractivity (Wildman–Crippen MR) is 83.6 cm³/mol. The molecule has 5 nitrogen and oxygen atoms in total. The van der Waals surface area contributed by atoms with E-state index < -0.39 is 0 Å². The van der Waals surface area contributed by atoms with E-state index in [9.17, 15) is 4.79 Å². The molecule has 1 aromatic carbocycles. The second kappa shape index (κ2) is 9.60. The minimum atomic E-state index is -0.255.